The van der Waals surface area contributed by atoms with Gasteiger partial charge in [-0.05, 0) is 37.1 Å². The Hall–Kier alpha value is -0.0500. The van der Waals surface area contributed by atoms with E-state index >= 15 is 0 Å². The molecule has 0 aromatic heterocycles. The zero-order valence-electron chi connectivity index (χ0n) is 10.1. The van der Waals surface area contributed by atoms with Crippen LogP contribution in [-0.2, 0) is 0 Å². The van der Waals surface area contributed by atoms with Crippen LogP contribution in [0.4, 0.5) is 0 Å². The average Bonchev–Trinajstić information content (AvgIpc) is 2.26. The molecular formula is C13H19BrClN. The van der Waals surface area contributed by atoms with Crippen molar-refractivity contribution in [3.05, 3.63) is 33.3 Å². The van der Waals surface area contributed by atoms with Crippen molar-refractivity contribution in [2.75, 3.05) is 7.05 Å². The highest BCUT2D eigenvalue weighted by Gasteiger charge is 2.15. The minimum absolute atomic E-state index is 0.343. The van der Waals surface area contributed by atoms with E-state index in [4.69, 9.17) is 11.6 Å². The molecule has 1 aromatic rings. The molecule has 0 amide bonds. The molecule has 0 fully saturated rings. The third kappa shape index (κ3) is 3.76. The summed E-state index contributed by atoms with van der Waals surface area (Å²) in [4.78, 5) is 0. The summed E-state index contributed by atoms with van der Waals surface area (Å²) in [6, 6.07) is 6.44. The first-order valence-electron chi connectivity index (χ1n) is 5.70. The number of hydrogen-bond donors (Lipinski definition) is 1. The second-order valence-electron chi connectivity index (χ2n) is 4.26. The highest BCUT2D eigenvalue weighted by molar-refractivity contribution is 9.10. The van der Waals surface area contributed by atoms with Crippen molar-refractivity contribution in [1.29, 1.82) is 0 Å². The Morgan fingerprint density at radius 2 is 2.12 bits per heavy atom. The van der Waals surface area contributed by atoms with Crippen molar-refractivity contribution < 1.29 is 0 Å². The normalized spacial score (nSPS) is 14.8. The van der Waals surface area contributed by atoms with Crippen LogP contribution in [-0.4, -0.2) is 7.05 Å². The average molecular weight is 305 g/mol. The Morgan fingerprint density at radius 1 is 1.44 bits per heavy atom. The van der Waals surface area contributed by atoms with E-state index in [1.165, 1.54) is 12.0 Å². The van der Waals surface area contributed by atoms with Crippen molar-refractivity contribution in [2.24, 2.45) is 5.92 Å². The molecule has 2 unspecified atom stereocenters. The summed E-state index contributed by atoms with van der Waals surface area (Å²) in [5, 5.41) is 4.17. The summed E-state index contributed by atoms with van der Waals surface area (Å²) in [6.45, 7) is 4.50. The van der Waals surface area contributed by atoms with E-state index in [0.29, 0.717) is 12.0 Å². The molecule has 0 aliphatic heterocycles. The van der Waals surface area contributed by atoms with E-state index in [1.807, 2.05) is 19.2 Å². The number of nitrogens with one attached hydrogen (secondary N) is 1. The van der Waals surface area contributed by atoms with E-state index in [-0.39, 0.29) is 0 Å². The minimum Gasteiger partial charge on any atom is -0.313 e. The zero-order chi connectivity index (χ0) is 12.1. The maximum atomic E-state index is 6.26. The lowest BCUT2D eigenvalue weighted by molar-refractivity contribution is 0.422. The quantitative estimate of drug-likeness (QED) is 0.824. The molecule has 16 heavy (non-hydrogen) atoms. The summed E-state index contributed by atoms with van der Waals surface area (Å²) in [5.41, 5.74) is 1.19. The van der Waals surface area contributed by atoms with E-state index in [9.17, 15) is 0 Å². The van der Waals surface area contributed by atoms with Crippen molar-refractivity contribution in [2.45, 2.75) is 32.7 Å². The molecule has 0 heterocycles. The summed E-state index contributed by atoms with van der Waals surface area (Å²) < 4.78 is 1.03. The molecule has 1 nitrogen and oxygen atoms in total. The zero-order valence-corrected chi connectivity index (χ0v) is 12.4. The van der Waals surface area contributed by atoms with Gasteiger partial charge in [-0.3, -0.25) is 0 Å². The van der Waals surface area contributed by atoms with Crippen molar-refractivity contribution >= 4 is 27.5 Å². The molecule has 3 heteroatoms. The predicted octanol–water partition coefficient (Wildman–Crippen LogP) is 4.80. The first-order valence-corrected chi connectivity index (χ1v) is 6.87. The maximum absolute atomic E-state index is 6.26. The van der Waals surface area contributed by atoms with Gasteiger partial charge in [0.05, 0.1) is 0 Å². The van der Waals surface area contributed by atoms with Crippen LogP contribution in [0.5, 0.6) is 0 Å². The molecule has 2 atom stereocenters. The van der Waals surface area contributed by atoms with Crippen LogP contribution >= 0.6 is 27.5 Å². The van der Waals surface area contributed by atoms with E-state index in [1.54, 1.807) is 0 Å². The fourth-order valence-electron chi connectivity index (χ4n) is 1.75. The largest absolute Gasteiger partial charge is 0.313 e. The number of rotatable bonds is 5. The minimum atomic E-state index is 0.343. The molecule has 90 valence electrons. The molecular weight excluding hydrogens is 286 g/mol. The molecule has 1 aromatic carbocycles. The summed E-state index contributed by atoms with van der Waals surface area (Å²) in [6.07, 6.45) is 2.32. The lowest BCUT2D eigenvalue weighted by atomic mass is 9.94. The topological polar surface area (TPSA) is 12.0 Å². The Morgan fingerprint density at radius 3 is 2.62 bits per heavy atom. The maximum Gasteiger partial charge on any atom is 0.0465 e. The molecule has 0 saturated heterocycles. The SMILES string of the molecule is CCC(C)CC(NC)c1ccc(Br)cc1Cl. The molecule has 0 radical (unpaired) electrons. The van der Waals surface area contributed by atoms with Gasteiger partial charge in [0.25, 0.3) is 0 Å². The molecule has 0 bridgehead atoms. The van der Waals surface area contributed by atoms with Crippen molar-refractivity contribution in [3.63, 3.8) is 0 Å². The van der Waals surface area contributed by atoms with Gasteiger partial charge in [-0.15, -0.1) is 0 Å². The summed E-state index contributed by atoms with van der Waals surface area (Å²) in [5.74, 6) is 0.706. The number of benzene rings is 1. The number of halogens is 2. The first kappa shape index (κ1) is 14.0. The van der Waals surface area contributed by atoms with Crippen LogP contribution in [0.1, 0.15) is 38.3 Å². The van der Waals surface area contributed by atoms with Crippen molar-refractivity contribution in [1.82, 2.24) is 5.32 Å². The fraction of sp³-hybridized carbons (Fsp3) is 0.538. The van der Waals surface area contributed by atoms with E-state index in [2.05, 4.69) is 41.2 Å². The summed E-state index contributed by atoms with van der Waals surface area (Å²) in [7, 11) is 1.99. The fourth-order valence-corrected chi connectivity index (χ4v) is 2.56. The number of hydrogen-bond acceptors (Lipinski definition) is 1. The Labute approximate surface area is 112 Å². The molecule has 0 aliphatic carbocycles. The van der Waals surface area contributed by atoms with Gasteiger partial charge in [0.15, 0.2) is 0 Å². The lowest BCUT2D eigenvalue weighted by Gasteiger charge is -2.21. The Bertz CT molecular complexity index is 341. The molecule has 0 spiro atoms. The van der Waals surface area contributed by atoms with Gasteiger partial charge < -0.3 is 5.32 Å². The highest BCUT2D eigenvalue weighted by Crippen LogP contribution is 2.30. The van der Waals surface area contributed by atoms with Gasteiger partial charge in [-0.1, -0.05) is 53.9 Å². The smallest absolute Gasteiger partial charge is 0.0465 e. The second kappa shape index (κ2) is 6.63. The van der Waals surface area contributed by atoms with Gasteiger partial charge in [-0.2, -0.15) is 0 Å². The van der Waals surface area contributed by atoms with Crippen LogP contribution < -0.4 is 5.32 Å². The Balaban J connectivity index is 2.86. The van der Waals surface area contributed by atoms with Crippen LogP contribution in [0.3, 0.4) is 0 Å². The lowest BCUT2D eigenvalue weighted by Crippen LogP contribution is -2.19. The van der Waals surface area contributed by atoms with Crippen LogP contribution in [0.25, 0.3) is 0 Å². The Kier molecular flexibility index (Phi) is 5.81. The molecule has 0 aliphatic rings. The van der Waals surface area contributed by atoms with E-state index in [0.717, 1.165) is 15.9 Å². The van der Waals surface area contributed by atoms with Gasteiger partial charge in [0.1, 0.15) is 0 Å². The van der Waals surface area contributed by atoms with Crippen LogP contribution in [0.15, 0.2) is 22.7 Å². The van der Waals surface area contributed by atoms with Gasteiger partial charge in [0.2, 0.25) is 0 Å². The van der Waals surface area contributed by atoms with Crippen LogP contribution in [0, 0.1) is 5.92 Å². The molecule has 0 saturated carbocycles. The highest BCUT2D eigenvalue weighted by atomic mass is 79.9. The van der Waals surface area contributed by atoms with Crippen LogP contribution in [0.2, 0.25) is 5.02 Å². The van der Waals surface area contributed by atoms with E-state index < -0.39 is 0 Å². The predicted molar refractivity (Wildman–Crippen MR) is 75.0 cm³/mol. The van der Waals surface area contributed by atoms with Crippen molar-refractivity contribution in [3.8, 4) is 0 Å². The van der Waals surface area contributed by atoms with Gasteiger partial charge in [-0.25, -0.2) is 0 Å². The summed E-state index contributed by atoms with van der Waals surface area (Å²) >= 11 is 9.69. The first-order chi connectivity index (χ1) is 7.58. The van der Waals surface area contributed by atoms with Gasteiger partial charge >= 0.3 is 0 Å². The third-order valence-corrected chi connectivity index (χ3v) is 3.84. The standard InChI is InChI=1S/C13H19BrClN/c1-4-9(2)7-13(16-3)11-6-5-10(14)8-12(11)15/h5-6,8-9,13,16H,4,7H2,1-3H3. The molecule has 1 N–H and O–H groups in total. The second-order valence-corrected chi connectivity index (χ2v) is 5.58. The molecule has 1 rings (SSSR count). The third-order valence-electron chi connectivity index (χ3n) is 3.02. The monoisotopic (exact) mass is 303 g/mol. The van der Waals surface area contributed by atoms with Gasteiger partial charge in [0, 0.05) is 15.5 Å².